The Morgan fingerprint density at radius 3 is 3.10 bits per heavy atom. The summed E-state index contributed by atoms with van der Waals surface area (Å²) in [5, 5.41) is 2.13. The summed E-state index contributed by atoms with van der Waals surface area (Å²) in [5.74, 6) is 0.632. The summed E-state index contributed by atoms with van der Waals surface area (Å²) in [6.07, 6.45) is -0.125. The zero-order valence-corrected chi connectivity index (χ0v) is 13.1. The molecule has 3 rings (SSSR count). The first-order chi connectivity index (χ1) is 10.1. The number of hydrogen-bond acceptors (Lipinski definition) is 5. The van der Waals surface area contributed by atoms with Crippen LogP contribution in [0.3, 0.4) is 0 Å². The number of thiophene rings is 1. The Balaban J connectivity index is 1.73. The molecule has 5 nitrogen and oxygen atoms in total. The van der Waals surface area contributed by atoms with Gasteiger partial charge in [0, 0.05) is 30.6 Å². The van der Waals surface area contributed by atoms with Crippen LogP contribution in [0.1, 0.15) is 28.1 Å². The van der Waals surface area contributed by atoms with Gasteiger partial charge in [-0.1, -0.05) is 0 Å². The molecule has 21 heavy (non-hydrogen) atoms. The molecule has 1 N–H and O–H groups in total. The second-order valence-electron chi connectivity index (χ2n) is 5.38. The van der Waals surface area contributed by atoms with Gasteiger partial charge in [-0.3, -0.25) is 9.69 Å². The molecule has 1 saturated heterocycles. The molecule has 3 heterocycles. The third kappa shape index (κ3) is 3.40. The van der Waals surface area contributed by atoms with Gasteiger partial charge in [-0.15, -0.1) is 11.3 Å². The zero-order chi connectivity index (χ0) is 14.8. The van der Waals surface area contributed by atoms with Crippen molar-refractivity contribution in [2.24, 2.45) is 0 Å². The first-order valence-corrected chi connectivity index (χ1v) is 7.94. The lowest BCUT2D eigenvalue weighted by Crippen LogP contribution is -2.38. The Morgan fingerprint density at radius 1 is 1.52 bits per heavy atom. The summed E-state index contributed by atoms with van der Waals surface area (Å²) < 4.78 is 5.80. The Morgan fingerprint density at radius 2 is 2.38 bits per heavy atom. The number of H-pyrrole nitrogens is 1. The molecular formula is C15H19N3O2S. The summed E-state index contributed by atoms with van der Waals surface area (Å²) in [6, 6.07) is 3.69. The molecule has 1 fully saturated rings. The monoisotopic (exact) mass is 305 g/mol. The molecule has 2 aromatic rings. The van der Waals surface area contributed by atoms with Gasteiger partial charge in [0.05, 0.1) is 12.3 Å². The molecule has 1 aliphatic heterocycles. The predicted octanol–water partition coefficient (Wildman–Crippen LogP) is 2.02. The highest BCUT2D eigenvalue weighted by molar-refractivity contribution is 7.10. The van der Waals surface area contributed by atoms with Crippen LogP contribution in [0.25, 0.3) is 0 Å². The standard InChI is InChI=1S/C15H19N3O2S/c1-10-3-6-21-14(10)9-18-4-5-20-13(8-18)12-7-15(19)17-11(2)16-12/h3,6-7,13H,4-5,8-9H2,1-2H3,(H,16,17,19)/t13-/m0/s1. The zero-order valence-electron chi connectivity index (χ0n) is 12.3. The number of nitrogens with zero attached hydrogens (tertiary/aromatic N) is 2. The summed E-state index contributed by atoms with van der Waals surface area (Å²) in [5.41, 5.74) is 1.95. The number of nitrogens with one attached hydrogen (secondary N) is 1. The second kappa shape index (κ2) is 6.09. The minimum atomic E-state index is -0.125. The van der Waals surface area contributed by atoms with Crippen LogP contribution in [0.2, 0.25) is 0 Å². The molecule has 0 radical (unpaired) electrons. The highest BCUT2D eigenvalue weighted by atomic mass is 32.1. The molecule has 1 aliphatic rings. The van der Waals surface area contributed by atoms with Gasteiger partial charge in [-0.2, -0.15) is 0 Å². The van der Waals surface area contributed by atoms with E-state index in [0.29, 0.717) is 12.4 Å². The van der Waals surface area contributed by atoms with Crippen molar-refractivity contribution in [3.8, 4) is 0 Å². The van der Waals surface area contributed by atoms with Crippen LogP contribution < -0.4 is 5.56 Å². The highest BCUT2D eigenvalue weighted by Crippen LogP contribution is 2.23. The van der Waals surface area contributed by atoms with E-state index in [4.69, 9.17) is 4.74 Å². The van der Waals surface area contributed by atoms with Gasteiger partial charge >= 0.3 is 0 Å². The van der Waals surface area contributed by atoms with Gasteiger partial charge < -0.3 is 9.72 Å². The van der Waals surface area contributed by atoms with Gasteiger partial charge in [-0.05, 0) is 30.9 Å². The Bertz CT molecular complexity index is 680. The summed E-state index contributed by atoms with van der Waals surface area (Å²) in [4.78, 5) is 22.4. The fourth-order valence-electron chi connectivity index (χ4n) is 2.56. The van der Waals surface area contributed by atoms with E-state index >= 15 is 0 Å². The molecular weight excluding hydrogens is 286 g/mol. The Kier molecular flexibility index (Phi) is 4.19. The van der Waals surface area contributed by atoms with E-state index in [2.05, 4.69) is 33.2 Å². The number of morpholine rings is 1. The van der Waals surface area contributed by atoms with Crippen molar-refractivity contribution in [3.05, 3.63) is 49.8 Å². The molecule has 0 bridgehead atoms. The van der Waals surface area contributed by atoms with Crippen molar-refractivity contribution in [2.75, 3.05) is 19.7 Å². The lowest BCUT2D eigenvalue weighted by Gasteiger charge is -2.32. The maximum absolute atomic E-state index is 11.6. The van der Waals surface area contributed by atoms with Crippen LogP contribution in [-0.4, -0.2) is 34.6 Å². The number of hydrogen-bond donors (Lipinski definition) is 1. The first-order valence-electron chi connectivity index (χ1n) is 7.06. The van der Waals surface area contributed by atoms with Gasteiger partial charge in [-0.25, -0.2) is 4.98 Å². The van der Waals surface area contributed by atoms with Crippen LogP contribution in [0.5, 0.6) is 0 Å². The van der Waals surface area contributed by atoms with Crippen molar-refractivity contribution in [3.63, 3.8) is 0 Å². The predicted molar refractivity (Wildman–Crippen MR) is 82.6 cm³/mol. The van der Waals surface area contributed by atoms with Gasteiger partial charge in [0.1, 0.15) is 11.9 Å². The molecule has 0 spiro atoms. The number of aromatic nitrogens is 2. The molecule has 112 valence electrons. The number of ether oxygens (including phenoxy) is 1. The van der Waals surface area contributed by atoms with Gasteiger partial charge in [0.25, 0.3) is 5.56 Å². The largest absolute Gasteiger partial charge is 0.369 e. The Labute approximate surface area is 127 Å². The van der Waals surface area contributed by atoms with E-state index in [0.717, 1.165) is 25.3 Å². The molecule has 2 aromatic heterocycles. The van der Waals surface area contributed by atoms with Crippen molar-refractivity contribution in [1.82, 2.24) is 14.9 Å². The van der Waals surface area contributed by atoms with E-state index < -0.39 is 0 Å². The third-order valence-electron chi connectivity index (χ3n) is 3.70. The topological polar surface area (TPSA) is 58.2 Å². The van der Waals surface area contributed by atoms with Gasteiger partial charge in [0.15, 0.2) is 0 Å². The summed E-state index contributed by atoms with van der Waals surface area (Å²) in [6.45, 7) is 7.23. The van der Waals surface area contributed by atoms with E-state index in [-0.39, 0.29) is 11.7 Å². The lowest BCUT2D eigenvalue weighted by atomic mass is 10.2. The molecule has 0 aliphatic carbocycles. The molecule has 6 heteroatoms. The first kappa shape index (κ1) is 14.4. The van der Waals surface area contributed by atoms with E-state index in [9.17, 15) is 4.79 Å². The normalized spacial score (nSPS) is 19.8. The molecule has 0 aromatic carbocycles. The van der Waals surface area contributed by atoms with Crippen LogP contribution in [0.15, 0.2) is 22.3 Å². The van der Waals surface area contributed by atoms with E-state index in [1.807, 2.05) is 0 Å². The third-order valence-corrected chi connectivity index (χ3v) is 4.70. The van der Waals surface area contributed by atoms with Crippen LogP contribution in [0.4, 0.5) is 0 Å². The smallest absolute Gasteiger partial charge is 0.251 e. The maximum atomic E-state index is 11.6. The van der Waals surface area contributed by atoms with Crippen LogP contribution in [0, 0.1) is 13.8 Å². The minimum Gasteiger partial charge on any atom is -0.369 e. The van der Waals surface area contributed by atoms with E-state index in [1.54, 1.807) is 18.3 Å². The Hall–Kier alpha value is -1.50. The van der Waals surface area contributed by atoms with Crippen LogP contribution >= 0.6 is 11.3 Å². The van der Waals surface area contributed by atoms with Crippen molar-refractivity contribution < 1.29 is 4.74 Å². The minimum absolute atomic E-state index is 0.118. The maximum Gasteiger partial charge on any atom is 0.251 e. The van der Waals surface area contributed by atoms with Crippen molar-refractivity contribution in [1.29, 1.82) is 0 Å². The SMILES string of the molecule is Cc1nc([C@@H]2CN(Cc3sccc3C)CCO2)cc(=O)[nH]1. The van der Waals surface area contributed by atoms with Crippen molar-refractivity contribution in [2.45, 2.75) is 26.5 Å². The molecule has 0 saturated carbocycles. The van der Waals surface area contributed by atoms with Gasteiger partial charge in [0.2, 0.25) is 0 Å². The second-order valence-corrected chi connectivity index (χ2v) is 6.38. The van der Waals surface area contributed by atoms with Crippen LogP contribution in [-0.2, 0) is 11.3 Å². The quantitative estimate of drug-likeness (QED) is 0.942. The number of rotatable bonds is 3. The lowest BCUT2D eigenvalue weighted by molar-refractivity contribution is -0.0349. The fraction of sp³-hybridized carbons (Fsp3) is 0.467. The van der Waals surface area contributed by atoms with E-state index in [1.165, 1.54) is 16.5 Å². The average molecular weight is 305 g/mol. The molecule has 0 unspecified atom stereocenters. The number of aromatic amines is 1. The van der Waals surface area contributed by atoms with Crippen molar-refractivity contribution >= 4 is 11.3 Å². The molecule has 1 atom stereocenters. The number of aryl methyl sites for hydroxylation is 2. The average Bonchev–Trinajstić information content (AvgIpc) is 2.84. The summed E-state index contributed by atoms with van der Waals surface area (Å²) in [7, 11) is 0. The molecule has 0 amide bonds. The fourth-order valence-corrected chi connectivity index (χ4v) is 3.51. The highest BCUT2D eigenvalue weighted by Gasteiger charge is 2.24. The summed E-state index contributed by atoms with van der Waals surface area (Å²) >= 11 is 1.79.